The fourth-order valence-electron chi connectivity index (χ4n) is 0.940. The SMILES string of the molecule is CCCC(=O)N=C1[N]N=C(C(C)(C)C)S1. The lowest BCUT2D eigenvalue weighted by Crippen LogP contribution is -2.15. The number of nitrogens with zero attached hydrogens (tertiary/aromatic N) is 3. The van der Waals surface area contributed by atoms with Gasteiger partial charge in [0, 0.05) is 11.8 Å². The molecule has 15 heavy (non-hydrogen) atoms. The van der Waals surface area contributed by atoms with Crippen LogP contribution in [0, 0.1) is 5.41 Å². The number of rotatable bonds is 2. The smallest absolute Gasteiger partial charge is 0.248 e. The second-order valence-electron chi connectivity index (χ2n) is 4.40. The molecule has 0 unspecified atom stereocenters. The van der Waals surface area contributed by atoms with E-state index in [9.17, 15) is 4.79 Å². The molecule has 0 fully saturated rings. The third-order valence-electron chi connectivity index (χ3n) is 1.74. The van der Waals surface area contributed by atoms with Crippen molar-refractivity contribution >= 4 is 27.9 Å². The lowest BCUT2D eigenvalue weighted by Gasteiger charge is -2.14. The average Bonchev–Trinajstić information content (AvgIpc) is 2.52. The Kier molecular flexibility index (Phi) is 3.90. The summed E-state index contributed by atoms with van der Waals surface area (Å²) in [5, 5.41) is 5.40. The highest BCUT2D eigenvalue weighted by atomic mass is 32.2. The molecule has 0 aliphatic carbocycles. The second kappa shape index (κ2) is 4.79. The van der Waals surface area contributed by atoms with Crippen LogP contribution in [0.15, 0.2) is 10.1 Å². The van der Waals surface area contributed by atoms with Gasteiger partial charge in [-0.15, -0.1) is 10.5 Å². The van der Waals surface area contributed by atoms with E-state index in [-0.39, 0.29) is 11.3 Å². The van der Waals surface area contributed by atoms with E-state index in [2.05, 4.69) is 36.3 Å². The summed E-state index contributed by atoms with van der Waals surface area (Å²) >= 11 is 1.38. The zero-order chi connectivity index (χ0) is 11.5. The van der Waals surface area contributed by atoms with Gasteiger partial charge >= 0.3 is 0 Å². The maximum absolute atomic E-state index is 11.2. The molecule has 0 N–H and O–H groups in total. The summed E-state index contributed by atoms with van der Waals surface area (Å²) in [6, 6.07) is 0. The normalized spacial score (nSPS) is 18.9. The van der Waals surface area contributed by atoms with Crippen molar-refractivity contribution in [1.29, 1.82) is 0 Å². The number of amidine groups is 1. The van der Waals surface area contributed by atoms with Gasteiger partial charge in [0.05, 0.1) is 0 Å². The first-order chi connectivity index (χ1) is 6.93. The van der Waals surface area contributed by atoms with E-state index in [1.165, 1.54) is 11.8 Å². The molecule has 0 saturated carbocycles. The third kappa shape index (κ3) is 3.66. The van der Waals surface area contributed by atoms with E-state index in [1.54, 1.807) is 0 Å². The summed E-state index contributed by atoms with van der Waals surface area (Å²) in [6.45, 7) is 8.13. The highest BCUT2D eigenvalue weighted by molar-refractivity contribution is 8.27. The number of hydrogen-bond acceptors (Lipinski definition) is 3. The average molecular weight is 226 g/mol. The minimum absolute atomic E-state index is 0.0285. The quantitative estimate of drug-likeness (QED) is 0.726. The Morgan fingerprint density at radius 2 is 2.13 bits per heavy atom. The lowest BCUT2D eigenvalue weighted by molar-refractivity contribution is -0.117. The lowest BCUT2D eigenvalue weighted by atomic mass is 9.99. The number of thioether (sulfide) groups is 1. The topological polar surface area (TPSA) is 55.9 Å². The van der Waals surface area contributed by atoms with E-state index >= 15 is 0 Å². The maximum atomic E-state index is 11.2. The molecule has 0 aromatic rings. The van der Waals surface area contributed by atoms with Gasteiger partial charge in [-0.25, -0.2) is 0 Å². The Hall–Kier alpha value is -0.840. The number of carbonyl (C=O) groups excluding carboxylic acids is 1. The predicted octanol–water partition coefficient (Wildman–Crippen LogP) is 2.38. The first-order valence-electron chi connectivity index (χ1n) is 5.02. The molecule has 5 heteroatoms. The van der Waals surface area contributed by atoms with Crippen LogP contribution in [-0.4, -0.2) is 16.1 Å². The minimum atomic E-state index is -0.117. The molecular formula is C10H16N3OS. The van der Waals surface area contributed by atoms with E-state index in [0.29, 0.717) is 11.6 Å². The van der Waals surface area contributed by atoms with Gasteiger partial charge in [-0.05, 0) is 18.2 Å². The summed E-state index contributed by atoms with van der Waals surface area (Å²) in [5.41, 5.74) is 3.86. The van der Waals surface area contributed by atoms with Crippen LogP contribution in [0.25, 0.3) is 0 Å². The van der Waals surface area contributed by atoms with E-state index in [4.69, 9.17) is 0 Å². The molecule has 0 spiro atoms. The molecule has 1 rings (SSSR count). The van der Waals surface area contributed by atoms with Crippen LogP contribution in [0.5, 0.6) is 0 Å². The van der Waals surface area contributed by atoms with Crippen molar-refractivity contribution in [2.24, 2.45) is 15.5 Å². The molecule has 1 aliphatic heterocycles. The van der Waals surface area contributed by atoms with Gasteiger partial charge in [0.1, 0.15) is 5.04 Å². The maximum Gasteiger partial charge on any atom is 0.248 e. The van der Waals surface area contributed by atoms with Gasteiger partial charge in [0.15, 0.2) is 0 Å². The van der Waals surface area contributed by atoms with Crippen LogP contribution >= 0.6 is 11.8 Å². The van der Waals surface area contributed by atoms with Crippen molar-refractivity contribution in [3.05, 3.63) is 0 Å². The predicted molar refractivity (Wildman–Crippen MR) is 64.0 cm³/mol. The summed E-state index contributed by atoms with van der Waals surface area (Å²) < 4.78 is 0. The third-order valence-corrected chi connectivity index (χ3v) is 2.98. The summed E-state index contributed by atoms with van der Waals surface area (Å²) in [7, 11) is 0. The molecule has 1 aliphatic rings. The number of amides is 1. The number of hydrogen-bond donors (Lipinski definition) is 0. The Morgan fingerprint density at radius 1 is 1.47 bits per heavy atom. The molecule has 1 heterocycles. The molecule has 0 aromatic heterocycles. The molecule has 1 amide bonds. The fourth-order valence-corrected chi connectivity index (χ4v) is 1.73. The Bertz CT molecular complexity index is 315. The van der Waals surface area contributed by atoms with Crippen molar-refractivity contribution in [2.45, 2.75) is 40.5 Å². The molecule has 0 aromatic carbocycles. The van der Waals surface area contributed by atoms with Gasteiger partial charge in [0.2, 0.25) is 11.1 Å². The van der Waals surface area contributed by atoms with Crippen LogP contribution in [0.3, 0.4) is 0 Å². The number of aliphatic imine (C=N–C) groups is 1. The van der Waals surface area contributed by atoms with Gasteiger partial charge in [-0.3, -0.25) is 4.79 Å². The molecule has 0 saturated heterocycles. The Morgan fingerprint density at radius 3 is 2.60 bits per heavy atom. The molecular weight excluding hydrogens is 210 g/mol. The first kappa shape index (κ1) is 12.2. The monoisotopic (exact) mass is 226 g/mol. The van der Waals surface area contributed by atoms with Crippen LogP contribution < -0.4 is 5.43 Å². The van der Waals surface area contributed by atoms with Gasteiger partial charge in [-0.2, -0.15) is 4.99 Å². The van der Waals surface area contributed by atoms with Crippen LogP contribution in [0.1, 0.15) is 40.5 Å². The molecule has 0 bridgehead atoms. The number of carbonyl (C=O) groups is 1. The summed E-state index contributed by atoms with van der Waals surface area (Å²) in [4.78, 5) is 15.1. The molecule has 1 radical (unpaired) electrons. The zero-order valence-electron chi connectivity index (χ0n) is 9.57. The molecule has 83 valence electrons. The zero-order valence-corrected chi connectivity index (χ0v) is 10.4. The van der Waals surface area contributed by atoms with Crippen LogP contribution in [0.2, 0.25) is 0 Å². The van der Waals surface area contributed by atoms with Crippen LogP contribution in [-0.2, 0) is 4.79 Å². The van der Waals surface area contributed by atoms with E-state index in [0.717, 1.165) is 11.5 Å². The van der Waals surface area contributed by atoms with Crippen molar-refractivity contribution in [2.75, 3.05) is 0 Å². The summed E-state index contributed by atoms with van der Waals surface area (Å²) in [5.74, 6) is -0.117. The van der Waals surface area contributed by atoms with Gasteiger partial charge in [-0.1, -0.05) is 27.7 Å². The van der Waals surface area contributed by atoms with Crippen molar-refractivity contribution in [3.8, 4) is 0 Å². The van der Waals surface area contributed by atoms with Crippen LogP contribution in [0.4, 0.5) is 0 Å². The largest absolute Gasteiger partial charge is 0.273 e. The molecule has 0 atom stereocenters. The van der Waals surface area contributed by atoms with Crippen molar-refractivity contribution in [3.63, 3.8) is 0 Å². The standard InChI is InChI=1S/C10H16N3OS/c1-5-6-7(14)11-9-13-12-8(15-9)10(2,3)4/h5-6H2,1-4H3. The first-order valence-corrected chi connectivity index (χ1v) is 5.83. The van der Waals surface area contributed by atoms with Crippen molar-refractivity contribution < 1.29 is 4.79 Å². The van der Waals surface area contributed by atoms with E-state index in [1.807, 2.05) is 6.92 Å². The highest BCUT2D eigenvalue weighted by Crippen LogP contribution is 2.28. The van der Waals surface area contributed by atoms with Gasteiger partial charge in [0.25, 0.3) is 0 Å². The summed E-state index contributed by atoms with van der Waals surface area (Å²) in [6.07, 6.45) is 1.29. The van der Waals surface area contributed by atoms with E-state index < -0.39 is 0 Å². The van der Waals surface area contributed by atoms with Gasteiger partial charge < -0.3 is 0 Å². The Labute approximate surface area is 94.6 Å². The highest BCUT2D eigenvalue weighted by Gasteiger charge is 2.27. The van der Waals surface area contributed by atoms with Crippen molar-refractivity contribution in [1.82, 2.24) is 5.43 Å². The Balaban J connectivity index is 2.57. The fraction of sp³-hybridized carbons (Fsp3) is 0.700. The minimum Gasteiger partial charge on any atom is -0.273 e. The second-order valence-corrected chi connectivity index (χ2v) is 5.35. The molecule has 4 nitrogen and oxygen atoms in total.